The molecule has 1 aromatic heterocycles. The average molecular weight is 229 g/mol. The van der Waals surface area contributed by atoms with Crippen LogP contribution in [0.1, 0.15) is 22.8 Å². The molecule has 0 fully saturated rings. The predicted molar refractivity (Wildman–Crippen MR) is 66.6 cm³/mol. The number of carbonyl (C=O) groups excluding carboxylic acids is 1. The fourth-order valence-corrected chi connectivity index (χ4v) is 1.18. The van der Waals surface area contributed by atoms with Crippen LogP contribution in [0.2, 0.25) is 0 Å². The summed E-state index contributed by atoms with van der Waals surface area (Å²) in [4.78, 5) is 10.6. The number of Topliss-reactive ketones (excluding diaryl/α,β-unsaturated/α-hetero) is 1. The molecule has 2 aromatic rings. The number of hydrogen-bond donors (Lipinski definition) is 0. The highest BCUT2D eigenvalue weighted by molar-refractivity contribution is 5.93. The second kappa shape index (κ2) is 6.43. The molecule has 88 valence electrons. The van der Waals surface area contributed by atoms with Gasteiger partial charge in [-0.25, -0.2) is 0 Å². The first-order valence-electron chi connectivity index (χ1n) is 5.31. The predicted octanol–water partition coefficient (Wildman–Crippen LogP) is 2.52. The largest absolute Gasteiger partial charge is 0.619 e. The van der Waals surface area contributed by atoms with Crippen LogP contribution in [-0.2, 0) is 0 Å². The number of rotatable bonds is 1. The van der Waals surface area contributed by atoms with Gasteiger partial charge in [0.15, 0.2) is 18.2 Å². The molecule has 0 saturated heterocycles. The van der Waals surface area contributed by atoms with Crippen LogP contribution in [0.15, 0.2) is 54.9 Å². The Morgan fingerprint density at radius 3 is 1.94 bits per heavy atom. The molecule has 0 unspecified atom stereocenters. The lowest BCUT2D eigenvalue weighted by molar-refractivity contribution is -0.605. The molecule has 3 heteroatoms. The fourth-order valence-electron chi connectivity index (χ4n) is 1.18. The molecule has 0 amide bonds. The van der Waals surface area contributed by atoms with E-state index in [4.69, 9.17) is 0 Å². The molecule has 1 heterocycles. The lowest BCUT2D eigenvalue weighted by Crippen LogP contribution is -2.24. The van der Waals surface area contributed by atoms with Gasteiger partial charge in [-0.1, -0.05) is 35.9 Å². The van der Waals surface area contributed by atoms with Gasteiger partial charge in [0.2, 0.25) is 0 Å². The molecule has 0 aliphatic heterocycles. The molecule has 0 aliphatic rings. The summed E-state index contributed by atoms with van der Waals surface area (Å²) in [5.41, 5.74) is 1.88. The number of aromatic nitrogens is 1. The van der Waals surface area contributed by atoms with Gasteiger partial charge < -0.3 is 5.21 Å². The van der Waals surface area contributed by atoms with Crippen molar-refractivity contribution in [3.8, 4) is 0 Å². The molecule has 17 heavy (non-hydrogen) atoms. The number of carbonyl (C=O) groups is 1. The van der Waals surface area contributed by atoms with Gasteiger partial charge in [0.1, 0.15) is 0 Å². The smallest absolute Gasteiger partial charge is 0.181 e. The van der Waals surface area contributed by atoms with Crippen molar-refractivity contribution in [3.05, 3.63) is 71.2 Å². The molecule has 1 aromatic carbocycles. The minimum absolute atomic E-state index is 0.0272. The normalized spacial score (nSPS) is 9.06. The zero-order valence-corrected chi connectivity index (χ0v) is 9.96. The van der Waals surface area contributed by atoms with E-state index in [1.165, 1.54) is 37.0 Å². The Balaban J connectivity index is 0.000000181. The third-order valence-electron chi connectivity index (χ3n) is 2.15. The highest BCUT2D eigenvalue weighted by Gasteiger charge is 1.98. The van der Waals surface area contributed by atoms with Crippen molar-refractivity contribution in [2.45, 2.75) is 13.8 Å². The first-order valence-corrected chi connectivity index (χ1v) is 5.31. The van der Waals surface area contributed by atoms with E-state index in [2.05, 4.69) is 19.1 Å². The molecule has 0 bridgehead atoms. The molecule has 0 spiro atoms. The van der Waals surface area contributed by atoms with Crippen LogP contribution < -0.4 is 4.73 Å². The molecule has 0 atom stereocenters. The average Bonchev–Trinajstić information content (AvgIpc) is 2.31. The van der Waals surface area contributed by atoms with E-state index >= 15 is 0 Å². The van der Waals surface area contributed by atoms with Crippen molar-refractivity contribution in [1.82, 2.24) is 0 Å². The lowest BCUT2D eigenvalue weighted by atomic mass is 10.2. The standard InChI is InChI=1S/C7H7NO2.C7H8/c1-6(9)7-2-4-8(10)5-3-7;1-7-5-3-2-4-6-7/h2-5H,1H3;2-6H,1H3. The molecule has 0 N–H and O–H groups in total. The van der Waals surface area contributed by atoms with Gasteiger partial charge in [-0.2, -0.15) is 4.73 Å². The molecular weight excluding hydrogens is 214 g/mol. The minimum atomic E-state index is -0.0272. The summed E-state index contributed by atoms with van der Waals surface area (Å²) in [6.07, 6.45) is 2.60. The van der Waals surface area contributed by atoms with Crippen LogP contribution in [0, 0.1) is 12.1 Å². The van der Waals surface area contributed by atoms with E-state index < -0.39 is 0 Å². The van der Waals surface area contributed by atoms with Gasteiger partial charge in [-0.05, 0) is 13.8 Å². The summed E-state index contributed by atoms with van der Waals surface area (Å²) in [6.45, 7) is 3.55. The van der Waals surface area contributed by atoms with Gasteiger partial charge in [0.05, 0.1) is 0 Å². The van der Waals surface area contributed by atoms with E-state index in [1.807, 2.05) is 18.2 Å². The van der Waals surface area contributed by atoms with Gasteiger partial charge in [0.25, 0.3) is 0 Å². The number of hydrogen-bond acceptors (Lipinski definition) is 2. The summed E-state index contributed by atoms with van der Waals surface area (Å²) < 4.78 is 0.645. The van der Waals surface area contributed by atoms with Crippen LogP contribution in [0.25, 0.3) is 0 Å². The maximum absolute atomic E-state index is 10.6. The van der Waals surface area contributed by atoms with Crippen molar-refractivity contribution < 1.29 is 9.52 Å². The van der Waals surface area contributed by atoms with E-state index in [0.717, 1.165) is 0 Å². The number of ketones is 1. The van der Waals surface area contributed by atoms with E-state index in [-0.39, 0.29) is 5.78 Å². The molecule has 0 aliphatic carbocycles. The van der Waals surface area contributed by atoms with Crippen LogP contribution in [0.3, 0.4) is 0 Å². The van der Waals surface area contributed by atoms with Crippen LogP contribution in [-0.4, -0.2) is 5.78 Å². The molecule has 2 rings (SSSR count). The first-order chi connectivity index (χ1) is 8.09. The van der Waals surface area contributed by atoms with Crippen molar-refractivity contribution in [1.29, 1.82) is 0 Å². The van der Waals surface area contributed by atoms with Crippen molar-refractivity contribution in [2.75, 3.05) is 0 Å². The number of aryl methyl sites for hydroxylation is 1. The van der Waals surface area contributed by atoms with E-state index in [0.29, 0.717) is 10.3 Å². The Hall–Kier alpha value is -2.16. The number of pyridine rings is 1. The Bertz CT molecular complexity index is 463. The van der Waals surface area contributed by atoms with E-state index in [1.54, 1.807) is 0 Å². The zero-order chi connectivity index (χ0) is 12.7. The zero-order valence-electron chi connectivity index (χ0n) is 9.96. The summed E-state index contributed by atoms with van der Waals surface area (Å²) in [6, 6.07) is 13.3. The molecular formula is C14H15NO2. The van der Waals surface area contributed by atoms with Crippen molar-refractivity contribution in [2.24, 2.45) is 0 Å². The monoisotopic (exact) mass is 229 g/mol. The lowest BCUT2D eigenvalue weighted by Gasteiger charge is -1.94. The van der Waals surface area contributed by atoms with Crippen molar-refractivity contribution in [3.63, 3.8) is 0 Å². The summed E-state index contributed by atoms with van der Waals surface area (Å²) in [5, 5.41) is 10.4. The highest BCUT2D eigenvalue weighted by Crippen LogP contribution is 1.94. The fraction of sp³-hybridized carbons (Fsp3) is 0.143. The van der Waals surface area contributed by atoms with Crippen LogP contribution >= 0.6 is 0 Å². The van der Waals surface area contributed by atoms with Gasteiger partial charge in [-0.3, -0.25) is 4.79 Å². The molecule has 3 nitrogen and oxygen atoms in total. The van der Waals surface area contributed by atoms with Crippen molar-refractivity contribution >= 4 is 5.78 Å². The first kappa shape index (κ1) is 12.9. The maximum atomic E-state index is 10.6. The van der Waals surface area contributed by atoms with E-state index in [9.17, 15) is 10.0 Å². The number of nitrogens with zero attached hydrogens (tertiary/aromatic N) is 1. The highest BCUT2D eigenvalue weighted by atomic mass is 16.5. The van der Waals surface area contributed by atoms with Gasteiger partial charge >= 0.3 is 0 Å². The summed E-state index contributed by atoms with van der Waals surface area (Å²) in [5.74, 6) is -0.0272. The van der Waals surface area contributed by atoms with Gasteiger partial charge in [-0.15, -0.1) is 0 Å². The molecule has 0 radical (unpaired) electrons. The maximum Gasteiger partial charge on any atom is 0.181 e. The SMILES string of the molecule is CC(=O)c1cc[n+]([O-])cc1.Cc1ccccc1. The Morgan fingerprint density at radius 2 is 1.59 bits per heavy atom. The topological polar surface area (TPSA) is 44.0 Å². The third-order valence-corrected chi connectivity index (χ3v) is 2.15. The van der Waals surface area contributed by atoms with Gasteiger partial charge in [0, 0.05) is 17.7 Å². The summed E-state index contributed by atoms with van der Waals surface area (Å²) in [7, 11) is 0. The second-order valence-corrected chi connectivity index (χ2v) is 3.66. The minimum Gasteiger partial charge on any atom is -0.619 e. The Kier molecular flexibility index (Phi) is 4.88. The van der Waals surface area contributed by atoms with Crippen LogP contribution in [0.5, 0.6) is 0 Å². The third kappa shape index (κ3) is 4.93. The second-order valence-electron chi connectivity index (χ2n) is 3.66. The number of benzene rings is 1. The Morgan fingerprint density at radius 1 is 1.06 bits per heavy atom. The van der Waals surface area contributed by atoms with Crippen LogP contribution in [0.4, 0.5) is 0 Å². The quantitative estimate of drug-likeness (QED) is 0.428. The summed E-state index contributed by atoms with van der Waals surface area (Å²) >= 11 is 0. The molecule has 0 saturated carbocycles. The Labute approximate surface area is 101 Å².